The van der Waals surface area contributed by atoms with E-state index in [9.17, 15) is 15.2 Å². The molecule has 0 radical (unpaired) electrons. The van der Waals surface area contributed by atoms with Crippen LogP contribution in [-0.4, -0.2) is 41.8 Å². The van der Waals surface area contributed by atoms with Crippen LogP contribution in [-0.2, 0) is 16.1 Å². The molecule has 1 atom stereocenters. The first-order valence-corrected chi connectivity index (χ1v) is 11.5. The van der Waals surface area contributed by atoms with Crippen LogP contribution in [0.3, 0.4) is 0 Å². The molecule has 0 aromatic heterocycles. The Hall–Kier alpha value is -3.43. The molecule has 1 unspecified atom stereocenters. The Morgan fingerprint density at radius 2 is 1.94 bits per heavy atom. The summed E-state index contributed by atoms with van der Waals surface area (Å²) in [7, 11) is 0. The maximum Gasteiger partial charge on any atom is 0.323 e. The minimum atomic E-state index is -0.881. The number of benzene rings is 3. The topological polar surface area (TPSA) is 73.6 Å². The van der Waals surface area contributed by atoms with Crippen LogP contribution >= 0.6 is 11.6 Å². The Bertz CT molecular complexity index is 1260. The fourth-order valence-corrected chi connectivity index (χ4v) is 4.44. The van der Waals surface area contributed by atoms with Crippen LogP contribution in [0, 0.1) is 18.3 Å². The zero-order valence-electron chi connectivity index (χ0n) is 18.9. The Labute approximate surface area is 204 Å². The molecule has 1 aliphatic heterocycles. The van der Waals surface area contributed by atoms with E-state index in [-0.39, 0.29) is 6.61 Å². The summed E-state index contributed by atoms with van der Waals surface area (Å²) in [5, 5.41) is 19.9. The van der Waals surface area contributed by atoms with Gasteiger partial charge in [-0.3, -0.25) is 9.69 Å². The van der Waals surface area contributed by atoms with Crippen molar-refractivity contribution in [1.29, 1.82) is 5.26 Å². The van der Waals surface area contributed by atoms with Crippen molar-refractivity contribution >= 4 is 29.7 Å². The van der Waals surface area contributed by atoms with E-state index in [1.807, 2.05) is 84.6 Å². The third kappa shape index (κ3) is 5.21. The summed E-state index contributed by atoms with van der Waals surface area (Å²) < 4.78 is 5.33. The predicted octanol–water partition coefficient (Wildman–Crippen LogP) is 5.64. The van der Waals surface area contributed by atoms with E-state index in [2.05, 4.69) is 6.07 Å². The summed E-state index contributed by atoms with van der Waals surface area (Å²) in [5.74, 6) is -0.881. The van der Waals surface area contributed by atoms with E-state index >= 15 is 0 Å². The van der Waals surface area contributed by atoms with Crippen molar-refractivity contribution in [3.63, 3.8) is 0 Å². The second-order valence-corrected chi connectivity index (χ2v) is 8.69. The first-order chi connectivity index (χ1) is 16.5. The fraction of sp³-hybridized carbons (Fsp3) is 0.214. The normalized spacial score (nSPS) is 16.4. The molecule has 1 N–H and O–H groups in total. The average molecular weight is 473 g/mol. The van der Waals surface area contributed by atoms with Gasteiger partial charge < -0.3 is 9.84 Å². The van der Waals surface area contributed by atoms with Crippen LogP contribution < -0.4 is 0 Å². The quantitative estimate of drug-likeness (QED) is 0.470. The van der Waals surface area contributed by atoms with Gasteiger partial charge in [-0.1, -0.05) is 78.4 Å². The van der Waals surface area contributed by atoms with Gasteiger partial charge in [-0.25, -0.2) is 0 Å². The monoisotopic (exact) mass is 472 g/mol. The van der Waals surface area contributed by atoms with Crippen molar-refractivity contribution in [2.75, 3.05) is 19.8 Å². The Kier molecular flexibility index (Phi) is 7.44. The maximum atomic E-state index is 11.6. The minimum absolute atomic E-state index is 0.187. The summed E-state index contributed by atoms with van der Waals surface area (Å²) in [6, 6.07) is 21.2. The molecule has 0 aliphatic carbocycles. The number of nitrogens with zero attached hydrogens (tertiary/aromatic N) is 2. The van der Waals surface area contributed by atoms with Gasteiger partial charge in [0.2, 0.25) is 0 Å². The lowest BCUT2D eigenvalue weighted by Gasteiger charge is -2.33. The third-order valence-corrected chi connectivity index (χ3v) is 6.42. The number of nitriles is 1. The van der Waals surface area contributed by atoms with Crippen LogP contribution in [0.25, 0.3) is 23.3 Å². The number of ether oxygens (including phenoxy) is 1. The van der Waals surface area contributed by atoms with Crippen molar-refractivity contribution in [3.05, 3.63) is 93.5 Å². The van der Waals surface area contributed by atoms with Crippen molar-refractivity contribution in [2.24, 2.45) is 0 Å². The molecule has 0 bridgehead atoms. The molecule has 0 amide bonds. The first kappa shape index (κ1) is 23.7. The molecular formula is C28H25ClN2O3. The number of rotatable bonds is 6. The van der Waals surface area contributed by atoms with Crippen LogP contribution in [0.15, 0.2) is 60.7 Å². The van der Waals surface area contributed by atoms with Crippen LogP contribution in [0.2, 0.25) is 5.02 Å². The zero-order valence-corrected chi connectivity index (χ0v) is 19.6. The number of carboxylic acids is 1. The second kappa shape index (κ2) is 10.7. The smallest absolute Gasteiger partial charge is 0.323 e. The Morgan fingerprint density at radius 1 is 1.18 bits per heavy atom. The molecule has 1 fully saturated rings. The molecule has 1 heterocycles. The summed E-state index contributed by atoms with van der Waals surface area (Å²) in [6.45, 7) is 3.75. The number of aliphatic carboxylic acids is 1. The average Bonchev–Trinajstić information content (AvgIpc) is 2.85. The maximum absolute atomic E-state index is 11.6. The van der Waals surface area contributed by atoms with Gasteiger partial charge >= 0.3 is 5.97 Å². The largest absolute Gasteiger partial charge is 0.480 e. The summed E-state index contributed by atoms with van der Waals surface area (Å²) in [5.41, 5.74) is 6.17. The van der Waals surface area contributed by atoms with Crippen molar-refractivity contribution in [2.45, 2.75) is 19.5 Å². The van der Waals surface area contributed by atoms with E-state index in [0.29, 0.717) is 30.3 Å². The zero-order chi connectivity index (χ0) is 24.1. The predicted molar refractivity (Wildman–Crippen MR) is 134 cm³/mol. The van der Waals surface area contributed by atoms with Crippen molar-refractivity contribution in [3.8, 4) is 17.2 Å². The van der Waals surface area contributed by atoms with Gasteiger partial charge in [0.1, 0.15) is 12.1 Å². The summed E-state index contributed by atoms with van der Waals surface area (Å²) in [4.78, 5) is 13.5. The van der Waals surface area contributed by atoms with E-state index in [1.165, 1.54) is 0 Å². The van der Waals surface area contributed by atoms with Gasteiger partial charge in [-0.05, 0) is 40.8 Å². The third-order valence-electron chi connectivity index (χ3n) is 6.09. The highest BCUT2D eigenvalue weighted by molar-refractivity contribution is 6.32. The number of carboxylic acid groups (broad SMARTS) is 1. The molecule has 6 heteroatoms. The van der Waals surface area contributed by atoms with Crippen LogP contribution in [0.5, 0.6) is 0 Å². The first-order valence-electron chi connectivity index (χ1n) is 11.1. The molecular weight excluding hydrogens is 448 g/mol. The van der Waals surface area contributed by atoms with E-state index in [0.717, 1.165) is 33.4 Å². The molecule has 4 rings (SSSR count). The summed E-state index contributed by atoms with van der Waals surface area (Å²) in [6.07, 6.45) is 3.83. The molecule has 1 aliphatic rings. The number of halogens is 1. The molecule has 0 saturated carbocycles. The Balaban J connectivity index is 1.60. The molecule has 34 heavy (non-hydrogen) atoms. The highest BCUT2D eigenvalue weighted by Gasteiger charge is 2.29. The fourth-order valence-electron chi connectivity index (χ4n) is 4.19. The second-order valence-electron chi connectivity index (χ2n) is 8.28. The molecule has 3 aromatic carbocycles. The molecule has 172 valence electrons. The van der Waals surface area contributed by atoms with Gasteiger partial charge in [-0.15, -0.1) is 0 Å². The van der Waals surface area contributed by atoms with Crippen molar-refractivity contribution in [1.82, 2.24) is 4.90 Å². The van der Waals surface area contributed by atoms with Gasteiger partial charge in [0.25, 0.3) is 0 Å². The number of hydrogen-bond acceptors (Lipinski definition) is 4. The van der Waals surface area contributed by atoms with E-state index in [1.54, 1.807) is 0 Å². The standard InChI is InChI=1S/C28H25ClN2O3/c1-19-14-22(26(29)15-23(19)17-31-12-13-34-18-27(31)28(32)33)11-10-21-8-5-9-24(25(21)16-30)20-6-3-2-4-7-20/h2-11,14-15,27H,12-13,17-18H2,1H3,(H,32,33)/b11-10+. The highest BCUT2D eigenvalue weighted by atomic mass is 35.5. The van der Waals surface area contributed by atoms with Crippen LogP contribution in [0.4, 0.5) is 0 Å². The van der Waals surface area contributed by atoms with E-state index in [4.69, 9.17) is 16.3 Å². The van der Waals surface area contributed by atoms with Gasteiger partial charge in [0, 0.05) is 23.7 Å². The number of aryl methyl sites for hydroxylation is 1. The van der Waals surface area contributed by atoms with Crippen LogP contribution in [0.1, 0.15) is 27.8 Å². The van der Waals surface area contributed by atoms with Gasteiger partial charge in [0.15, 0.2) is 0 Å². The number of carbonyl (C=O) groups is 1. The molecule has 0 spiro atoms. The number of morpholine rings is 1. The molecule has 5 nitrogen and oxygen atoms in total. The van der Waals surface area contributed by atoms with E-state index < -0.39 is 12.0 Å². The lowest BCUT2D eigenvalue weighted by molar-refractivity contribution is -0.150. The molecule has 1 saturated heterocycles. The Morgan fingerprint density at radius 3 is 2.68 bits per heavy atom. The number of hydrogen-bond donors (Lipinski definition) is 1. The molecule has 3 aromatic rings. The SMILES string of the molecule is Cc1cc(/C=C/c2cccc(-c3ccccc3)c2C#N)c(Cl)cc1CN1CCOCC1C(=O)O. The minimum Gasteiger partial charge on any atom is -0.480 e. The highest BCUT2D eigenvalue weighted by Crippen LogP contribution is 2.29. The van der Waals surface area contributed by atoms with Crippen molar-refractivity contribution < 1.29 is 14.6 Å². The lowest BCUT2D eigenvalue weighted by Crippen LogP contribution is -2.49. The van der Waals surface area contributed by atoms with Gasteiger partial charge in [0.05, 0.1) is 18.8 Å². The summed E-state index contributed by atoms with van der Waals surface area (Å²) >= 11 is 6.61. The van der Waals surface area contributed by atoms with Gasteiger partial charge in [-0.2, -0.15) is 5.26 Å². The lowest BCUT2D eigenvalue weighted by atomic mass is 9.95.